The molecule has 0 radical (unpaired) electrons. The quantitative estimate of drug-likeness (QED) is 0.183. The highest BCUT2D eigenvalue weighted by Gasteiger charge is 2.47. The van der Waals surface area contributed by atoms with Crippen LogP contribution in [0, 0.1) is 27.7 Å². The fourth-order valence-electron chi connectivity index (χ4n) is 7.66. The number of benzene rings is 4. The third kappa shape index (κ3) is 4.98. The van der Waals surface area contributed by atoms with E-state index in [0.29, 0.717) is 0 Å². The molecule has 0 aromatic heterocycles. The SMILES string of the molecule is CCCC(C)(C)c1cc(C)cc(C2(c3cc(C)cc(C(C)(C)CCC)c3)c3cc(C)ccc3-c3ccc(C)cc32)c1. The Morgan fingerprint density at radius 1 is 0.488 bits per heavy atom. The van der Waals surface area contributed by atoms with Crippen molar-refractivity contribution in [3.63, 3.8) is 0 Å². The van der Waals surface area contributed by atoms with Gasteiger partial charge in [-0.2, -0.15) is 0 Å². The first-order valence-corrected chi connectivity index (χ1v) is 15.8. The van der Waals surface area contributed by atoms with Crippen molar-refractivity contribution in [3.05, 3.63) is 128 Å². The number of aryl methyl sites for hydroxylation is 4. The molecule has 214 valence electrons. The molecular formula is C41H50. The van der Waals surface area contributed by atoms with Gasteiger partial charge in [0.1, 0.15) is 0 Å². The summed E-state index contributed by atoms with van der Waals surface area (Å²) >= 11 is 0. The lowest BCUT2D eigenvalue weighted by molar-refractivity contribution is 0.471. The third-order valence-electron chi connectivity index (χ3n) is 9.78. The Balaban J connectivity index is 1.96. The molecule has 0 atom stereocenters. The molecule has 0 unspecified atom stereocenters. The average molecular weight is 543 g/mol. The van der Waals surface area contributed by atoms with E-state index in [1.807, 2.05) is 0 Å². The molecule has 1 aliphatic rings. The van der Waals surface area contributed by atoms with Crippen LogP contribution in [-0.2, 0) is 16.2 Å². The van der Waals surface area contributed by atoms with Crippen molar-refractivity contribution in [1.82, 2.24) is 0 Å². The minimum atomic E-state index is -0.380. The van der Waals surface area contributed by atoms with Crippen molar-refractivity contribution >= 4 is 0 Å². The summed E-state index contributed by atoms with van der Waals surface area (Å²) in [5.41, 5.74) is 16.5. The van der Waals surface area contributed by atoms with Gasteiger partial charge in [0, 0.05) is 0 Å². The van der Waals surface area contributed by atoms with Gasteiger partial charge < -0.3 is 0 Å². The van der Waals surface area contributed by atoms with Crippen LogP contribution in [0.3, 0.4) is 0 Å². The first-order chi connectivity index (χ1) is 19.3. The molecule has 0 amide bonds. The van der Waals surface area contributed by atoms with Gasteiger partial charge in [0.05, 0.1) is 5.41 Å². The number of hydrogen-bond donors (Lipinski definition) is 0. The first kappa shape index (κ1) is 29.4. The van der Waals surface area contributed by atoms with Crippen LogP contribution in [0.4, 0.5) is 0 Å². The molecule has 0 aliphatic heterocycles. The van der Waals surface area contributed by atoms with Crippen molar-refractivity contribution < 1.29 is 0 Å². The van der Waals surface area contributed by atoms with E-state index in [4.69, 9.17) is 0 Å². The molecule has 0 nitrogen and oxygen atoms in total. The van der Waals surface area contributed by atoms with Crippen molar-refractivity contribution in [2.45, 2.75) is 111 Å². The molecule has 0 fully saturated rings. The van der Waals surface area contributed by atoms with Crippen LogP contribution in [0.5, 0.6) is 0 Å². The largest absolute Gasteiger partial charge is 0.0714 e. The molecule has 0 N–H and O–H groups in total. The van der Waals surface area contributed by atoms with E-state index >= 15 is 0 Å². The predicted octanol–water partition coefficient (Wildman–Crippen LogP) is 11.4. The lowest BCUT2D eigenvalue weighted by atomic mass is 9.64. The highest BCUT2D eigenvalue weighted by molar-refractivity contribution is 5.87. The lowest BCUT2D eigenvalue weighted by Crippen LogP contribution is -2.31. The van der Waals surface area contributed by atoms with Gasteiger partial charge in [-0.05, 0) is 95.9 Å². The predicted molar refractivity (Wildman–Crippen MR) is 179 cm³/mol. The molecular weight excluding hydrogens is 492 g/mol. The molecule has 0 heteroatoms. The molecule has 5 rings (SSSR count). The van der Waals surface area contributed by atoms with Gasteiger partial charge >= 0.3 is 0 Å². The lowest BCUT2D eigenvalue weighted by Gasteiger charge is -2.37. The Morgan fingerprint density at radius 2 is 0.878 bits per heavy atom. The van der Waals surface area contributed by atoms with Gasteiger partial charge in [0.2, 0.25) is 0 Å². The summed E-state index contributed by atoms with van der Waals surface area (Å²) in [5.74, 6) is 0. The Bertz CT molecular complexity index is 1470. The molecule has 41 heavy (non-hydrogen) atoms. The van der Waals surface area contributed by atoms with E-state index in [1.54, 1.807) is 0 Å². The molecule has 0 saturated heterocycles. The molecule has 0 spiro atoms. The van der Waals surface area contributed by atoms with Crippen LogP contribution < -0.4 is 0 Å². The summed E-state index contributed by atoms with van der Waals surface area (Å²) in [6.45, 7) is 23.4. The zero-order chi connectivity index (χ0) is 29.7. The standard InChI is InChI=1S/C41H50/c1-11-17-39(7,8)31-19-29(5)21-33(25-31)41(34-22-30(6)20-32(26-34)40(9,10)18-12-2)37-23-27(3)13-15-35(37)36-16-14-28(4)24-38(36)41/h13-16,19-26H,11-12,17-18H2,1-10H3. The number of fused-ring (bicyclic) bond motifs is 3. The first-order valence-electron chi connectivity index (χ1n) is 15.8. The van der Waals surface area contributed by atoms with Gasteiger partial charge in [0.25, 0.3) is 0 Å². The maximum absolute atomic E-state index is 2.56. The monoisotopic (exact) mass is 542 g/mol. The number of hydrogen-bond acceptors (Lipinski definition) is 0. The normalized spacial score (nSPS) is 14.2. The Morgan fingerprint density at radius 3 is 1.24 bits per heavy atom. The fourth-order valence-corrected chi connectivity index (χ4v) is 7.66. The van der Waals surface area contributed by atoms with Crippen molar-refractivity contribution in [2.24, 2.45) is 0 Å². The molecule has 4 aromatic rings. The second-order valence-corrected chi connectivity index (χ2v) is 14.3. The summed E-state index contributed by atoms with van der Waals surface area (Å²) in [4.78, 5) is 0. The van der Waals surface area contributed by atoms with E-state index in [0.717, 1.165) is 0 Å². The van der Waals surface area contributed by atoms with Crippen molar-refractivity contribution in [3.8, 4) is 11.1 Å². The van der Waals surface area contributed by atoms with Crippen LogP contribution in [0.2, 0.25) is 0 Å². The molecule has 0 bridgehead atoms. The van der Waals surface area contributed by atoms with Crippen LogP contribution >= 0.6 is 0 Å². The number of rotatable bonds is 8. The zero-order valence-electron chi connectivity index (χ0n) is 27.3. The average Bonchev–Trinajstić information content (AvgIpc) is 3.17. The van der Waals surface area contributed by atoms with E-state index in [-0.39, 0.29) is 16.2 Å². The second kappa shape index (κ2) is 10.6. The van der Waals surface area contributed by atoms with Crippen molar-refractivity contribution in [2.75, 3.05) is 0 Å². The van der Waals surface area contributed by atoms with Crippen LogP contribution in [0.15, 0.2) is 72.8 Å². The van der Waals surface area contributed by atoms with E-state index in [2.05, 4.69) is 142 Å². The minimum absolute atomic E-state index is 0.112. The van der Waals surface area contributed by atoms with Gasteiger partial charge in [-0.15, -0.1) is 0 Å². The van der Waals surface area contributed by atoms with Gasteiger partial charge in [-0.1, -0.05) is 149 Å². The fraction of sp³-hybridized carbons (Fsp3) is 0.415. The molecule has 1 aliphatic carbocycles. The molecule has 4 aromatic carbocycles. The van der Waals surface area contributed by atoms with Gasteiger partial charge in [-0.3, -0.25) is 0 Å². The van der Waals surface area contributed by atoms with Crippen LogP contribution in [0.25, 0.3) is 11.1 Å². The van der Waals surface area contributed by atoms with Crippen LogP contribution in [-0.4, -0.2) is 0 Å². The maximum atomic E-state index is 2.56. The highest BCUT2D eigenvalue weighted by atomic mass is 14.5. The Kier molecular flexibility index (Phi) is 7.60. The summed E-state index contributed by atoms with van der Waals surface area (Å²) in [5, 5.41) is 0. The van der Waals surface area contributed by atoms with Crippen molar-refractivity contribution in [1.29, 1.82) is 0 Å². The van der Waals surface area contributed by atoms with Gasteiger partial charge in [-0.25, -0.2) is 0 Å². The topological polar surface area (TPSA) is 0 Å². The summed E-state index contributed by atoms with van der Waals surface area (Å²) in [6, 6.07) is 29.2. The molecule has 0 heterocycles. The smallest absolute Gasteiger partial charge is 0.0654 e. The summed E-state index contributed by atoms with van der Waals surface area (Å²) in [6.07, 6.45) is 4.71. The summed E-state index contributed by atoms with van der Waals surface area (Å²) in [7, 11) is 0. The Labute approximate surface area is 250 Å². The van der Waals surface area contributed by atoms with Crippen LogP contribution in [0.1, 0.15) is 123 Å². The maximum Gasteiger partial charge on any atom is 0.0714 e. The van der Waals surface area contributed by atoms with Gasteiger partial charge in [0.15, 0.2) is 0 Å². The molecule has 0 saturated carbocycles. The zero-order valence-corrected chi connectivity index (χ0v) is 27.3. The third-order valence-corrected chi connectivity index (χ3v) is 9.78. The minimum Gasteiger partial charge on any atom is -0.0654 e. The Hall–Kier alpha value is -3.12. The highest BCUT2D eigenvalue weighted by Crippen LogP contribution is 2.57. The summed E-state index contributed by atoms with van der Waals surface area (Å²) < 4.78 is 0. The van der Waals surface area contributed by atoms with E-state index in [9.17, 15) is 0 Å². The van der Waals surface area contributed by atoms with E-state index in [1.165, 1.54) is 92.4 Å². The second-order valence-electron chi connectivity index (χ2n) is 14.3. The van der Waals surface area contributed by atoms with E-state index < -0.39 is 0 Å².